The summed E-state index contributed by atoms with van der Waals surface area (Å²) in [4.78, 5) is 5.22. The van der Waals surface area contributed by atoms with Gasteiger partial charge in [-0.15, -0.1) is 11.3 Å². The van der Waals surface area contributed by atoms with Crippen molar-refractivity contribution in [2.75, 3.05) is 0 Å². The number of allylic oxidation sites excluding steroid dienone is 2. The number of ether oxygens (including phenoxy) is 1. The summed E-state index contributed by atoms with van der Waals surface area (Å²) < 4.78 is 5.71. The number of rotatable bonds is 3. The summed E-state index contributed by atoms with van der Waals surface area (Å²) in [6.45, 7) is 14.4. The Morgan fingerprint density at radius 2 is 2.04 bits per heavy atom. The average molecular weight is 319 g/mol. The molecule has 0 saturated heterocycles. The fraction of sp³-hybridized carbons (Fsp3) is 0.167. The van der Waals surface area contributed by atoms with Crippen molar-refractivity contribution in [2.24, 2.45) is 0 Å². The Kier molecular flexibility index (Phi) is 4.51. The lowest BCUT2D eigenvalue weighted by Crippen LogP contribution is -2.20. The molecular formula is C18H13N3OS. The van der Waals surface area contributed by atoms with Gasteiger partial charge in [-0.25, -0.2) is 10.1 Å². The molecule has 2 rings (SSSR count). The Balaban J connectivity index is 2.53. The van der Waals surface area contributed by atoms with Crippen molar-refractivity contribution in [2.45, 2.75) is 19.4 Å². The Labute approximate surface area is 139 Å². The maximum absolute atomic E-state index is 9.44. The normalized spacial score (nSPS) is 18.0. The fourth-order valence-corrected chi connectivity index (χ4v) is 2.97. The zero-order valence-corrected chi connectivity index (χ0v) is 13.6. The van der Waals surface area contributed by atoms with E-state index in [9.17, 15) is 5.26 Å². The second-order valence-corrected chi connectivity index (χ2v) is 6.34. The first-order chi connectivity index (χ1) is 11.0. The molecule has 0 amide bonds. The van der Waals surface area contributed by atoms with E-state index < -0.39 is 5.60 Å². The van der Waals surface area contributed by atoms with Gasteiger partial charge in [0.25, 0.3) is 0 Å². The molecule has 1 aliphatic rings. The fourth-order valence-electron chi connectivity index (χ4n) is 2.21. The molecule has 1 aromatic rings. The van der Waals surface area contributed by atoms with Crippen molar-refractivity contribution in [1.29, 1.82) is 10.5 Å². The summed E-state index contributed by atoms with van der Waals surface area (Å²) in [7, 11) is 0. The van der Waals surface area contributed by atoms with Crippen molar-refractivity contribution in [3.05, 3.63) is 68.6 Å². The number of nitriles is 2. The predicted molar refractivity (Wildman–Crippen MR) is 90.5 cm³/mol. The van der Waals surface area contributed by atoms with E-state index in [0.29, 0.717) is 5.57 Å². The monoisotopic (exact) mass is 319 g/mol. The van der Waals surface area contributed by atoms with Gasteiger partial charge in [0.05, 0.1) is 18.2 Å². The van der Waals surface area contributed by atoms with Crippen LogP contribution in [0.4, 0.5) is 0 Å². The van der Waals surface area contributed by atoms with Gasteiger partial charge in [0.15, 0.2) is 5.76 Å². The van der Waals surface area contributed by atoms with Gasteiger partial charge < -0.3 is 4.74 Å². The lowest BCUT2D eigenvalue weighted by Gasteiger charge is -2.20. The third-order valence-corrected chi connectivity index (χ3v) is 4.36. The molecule has 0 atom stereocenters. The molecule has 1 aromatic heterocycles. The summed E-state index contributed by atoms with van der Waals surface area (Å²) in [5.41, 5.74) is -0.0929. The molecule has 5 heteroatoms. The van der Waals surface area contributed by atoms with Crippen LogP contribution in [0.1, 0.15) is 23.6 Å². The number of nitrogens with zero attached hydrogens (tertiary/aromatic N) is 3. The van der Waals surface area contributed by atoms with Crippen LogP contribution in [0.2, 0.25) is 0 Å². The van der Waals surface area contributed by atoms with Gasteiger partial charge in [0.1, 0.15) is 11.7 Å². The van der Waals surface area contributed by atoms with E-state index in [4.69, 9.17) is 16.6 Å². The minimum absolute atomic E-state index is 0.0626. The number of hydrogen-bond donors (Lipinski definition) is 0. The molecule has 0 spiro atoms. The van der Waals surface area contributed by atoms with Crippen LogP contribution >= 0.6 is 11.3 Å². The molecule has 2 heterocycles. The van der Waals surface area contributed by atoms with Crippen molar-refractivity contribution >= 4 is 23.5 Å². The lowest BCUT2D eigenvalue weighted by atomic mass is 9.95. The minimum Gasteiger partial charge on any atom is -0.492 e. The summed E-state index contributed by atoms with van der Waals surface area (Å²) in [6, 6.07) is 7.77. The second-order valence-electron chi connectivity index (χ2n) is 5.19. The molecule has 0 fully saturated rings. The van der Waals surface area contributed by atoms with E-state index in [1.54, 1.807) is 37.3 Å². The molecule has 0 aromatic carbocycles. The zero-order valence-electron chi connectivity index (χ0n) is 12.8. The van der Waals surface area contributed by atoms with Crippen LogP contribution in [-0.2, 0) is 4.74 Å². The first-order valence-corrected chi connectivity index (χ1v) is 7.55. The summed E-state index contributed by atoms with van der Waals surface area (Å²) >= 11 is 1.58. The molecule has 1 aliphatic heterocycles. The molecule has 0 unspecified atom stereocenters. The first kappa shape index (κ1) is 16.3. The van der Waals surface area contributed by atoms with Crippen molar-refractivity contribution < 1.29 is 4.74 Å². The highest BCUT2D eigenvalue weighted by molar-refractivity contribution is 7.13. The molecular weight excluding hydrogens is 306 g/mol. The largest absolute Gasteiger partial charge is 0.492 e. The van der Waals surface area contributed by atoms with E-state index in [2.05, 4.69) is 17.5 Å². The molecule has 23 heavy (non-hydrogen) atoms. The standard InChI is InChI=1S/C18H13N3OS/c1-5-12-6-7-13(23-12)8-9-15-14(10-19)17(16(11-20)21-4)22-18(15,2)3/h5-9H,1H2,2-3H3/b9-8+,17-16-. The quantitative estimate of drug-likeness (QED) is 0.600. The molecule has 0 saturated carbocycles. The van der Waals surface area contributed by atoms with Crippen LogP contribution in [-0.4, -0.2) is 5.60 Å². The van der Waals surface area contributed by atoms with E-state index in [1.165, 1.54) is 0 Å². The van der Waals surface area contributed by atoms with Gasteiger partial charge in [-0.1, -0.05) is 18.7 Å². The maximum Gasteiger partial charge on any atom is 0.304 e. The lowest BCUT2D eigenvalue weighted by molar-refractivity contribution is 0.0953. The van der Waals surface area contributed by atoms with Crippen LogP contribution in [0.5, 0.6) is 0 Å². The third kappa shape index (κ3) is 3.09. The second kappa shape index (κ2) is 6.36. The van der Waals surface area contributed by atoms with Crippen LogP contribution in [0.25, 0.3) is 17.0 Å². The number of thiophene rings is 1. The highest BCUT2D eigenvalue weighted by Crippen LogP contribution is 2.40. The zero-order chi connectivity index (χ0) is 17.0. The molecule has 0 radical (unpaired) electrons. The smallest absolute Gasteiger partial charge is 0.304 e. The van der Waals surface area contributed by atoms with Gasteiger partial charge in [0.2, 0.25) is 0 Å². The van der Waals surface area contributed by atoms with Crippen LogP contribution in [0.3, 0.4) is 0 Å². The summed E-state index contributed by atoms with van der Waals surface area (Å²) in [5, 5.41) is 18.5. The molecule has 0 aliphatic carbocycles. The van der Waals surface area contributed by atoms with Gasteiger partial charge in [0, 0.05) is 15.3 Å². The van der Waals surface area contributed by atoms with Crippen LogP contribution < -0.4 is 0 Å². The van der Waals surface area contributed by atoms with E-state index >= 15 is 0 Å². The Morgan fingerprint density at radius 1 is 1.35 bits per heavy atom. The highest BCUT2D eigenvalue weighted by Gasteiger charge is 2.38. The summed E-state index contributed by atoms with van der Waals surface area (Å²) in [5.74, 6) is 0.0626. The highest BCUT2D eigenvalue weighted by atomic mass is 32.1. The molecule has 112 valence electrons. The molecule has 0 bridgehead atoms. The topological polar surface area (TPSA) is 61.2 Å². The van der Waals surface area contributed by atoms with E-state index in [0.717, 1.165) is 9.75 Å². The Bertz CT molecular complexity index is 861. The van der Waals surface area contributed by atoms with Crippen molar-refractivity contribution in [1.82, 2.24) is 0 Å². The SMILES string of the molecule is [C-]#[N+]/C(C#N)=C1\OC(C)(C)C(/C=C/c2ccc(C=C)s2)=C1C#N. The Hall–Kier alpha value is -3.07. The van der Waals surface area contributed by atoms with E-state index in [-0.39, 0.29) is 17.0 Å². The Morgan fingerprint density at radius 3 is 2.57 bits per heavy atom. The van der Waals surface area contributed by atoms with Gasteiger partial charge in [-0.3, -0.25) is 0 Å². The van der Waals surface area contributed by atoms with E-state index in [1.807, 2.05) is 24.3 Å². The van der Waals surface area contributed by atoms with Gasteiger partial charge in [-0.2, -0.15) is 5.26 Å². The first-order valence-electron chi connectivity index (χ1n) is 6.73. The van der Waals surface area contributed by atoms with Crippen LogP contribution in [0.15, 0.2) is 47.4 Å². The molecule has 0 N–H and O–H groups in total. The maximum atomic E-state index is 9.44. The van der Waals surface area contributed by atoms with Crippen LogP contribution in [0, 0.1) is 29.2 Å². The van der Waals surface area contributed by atoms with Gasteiger partial charge >= 0.3 is 5.70 Å². The number of hydrogen-bond acceptors (Lipinski definition) is 4. The predicted octanol–water partition coefficient (Wildman–Crippen LogP) is 4.69. The molecule has 4 nitrogen and oxygen atoms in total. The van der Waals surface area contributed by atoms with Crippen molar-refractivity contribution in [3.8, 4) is 12.1 Å². The van der Waals surface area contributed by atoms with Gasteiger partial charge in [-0.05, 0) is 32.1 Å². The summed E-state index contributed by atoms with van der Waals surface area (Å²) in [6.07, 6.45) is 5.48. The average Bonchev–Trinajstić information content (AvgIpc) is 3.08. The third-order valence-electron chi connectivity index (χ3n) is 3.31. The van der Waals surface area contributed by atoms with Crippen molar-refractivity contribution in [3.63, 3.8) is 0 Å². The minimum atomic E-state index is -0.776.